The van der Waals surface area contributed by atoms with Gasteiger partial charge in [0.1, 0.15) is 6.67 Å². The van der Waals surface area contributed by atoms with Gasteiger partial charge in [-0.2, -0.15) is 0 Å². The highest BCUT2D eigenvalue weighted by Crippen LogP contribution is 2.17. The van der Waals surface area contributed by atoms with E-state index in [0.717, 1.165) is 11.1 Å². The predicted octanol–water partition coefficient (Wildman–Crippen LogP) is 2.27. The van der Waals surface area contributed by atoms with E-state index in [0.29, 0.717) is 0 Å². The number of benzene rings is 1. The third kappa shape index (κ3) is 1.83. The molecule has 0 saturated heterocycles. The lowest BCUT2D eigenvalue weighted by atomic mass is 10.0. The van der Waals surface area contributed by atoms with Gasteiger partial charge in [0.25, 0.3) is 0 Å². The minimum absolute atomic E-state index is 0.467. The van der Waals surface area contributed by atoms with Crippen LogP contribution in [-0.4, -0.2) is 6.67 Å². The van der Waals surface area contributed by atoms with Crippen LogP contribution < -0.4 is 5.73 Å². The van der Waals surface area contributed by atoms with E-state index < -0.39 is 12.7 Å². The summed E-state index contributed by atoms with van der Waals surface area (Å²) in [6.07, 6.45) is 0. The molecule has 1 aromatic carbocycles. The number of alkyl halides is 1. The molecule has 0 fully saturated rings. The van der Waals surface area contributed by atoms with Gasteiger partial charge in [-0.05, 0) is 25.0 Å². The number of hydrogen-bond acceptors (Lipinski definition) is 1. The molecule has 1 rings (SSSR count). The highest BCUT2D eigenvalue weighted by atomic mass is 19.1. The van der Waals surface area contributed by atoms with Crippen molar-refractivity contribution in [3.05, 3.63) is 34.9 Å². The van der Waals surface area contributed by atoms with Gasteiger partial charge in [0.15, 0.2) is 0 Å². The Morgan fingerprint density at radius 3 is 2.58 bits per heavy atom. The molecule has 0 radical (unpaired) electrons. The molecule has 2 N–H and O–H groups in total. The van der Waals surface area contributed by atoms with Crippen LogP contribution in [0.4, 0.5) is 4.39 Å². The third-order valence-electron chi connectivity index (χ3n) is 1.99. The van der Waals surface area contributed by atoms with E-state index in [1.807, 2.05) is 32.0 Å². The van der Waals surface area contributed by atoms with Crippen LogP contribution in [0.3, 0.4) is 0 Å². The predicted molar refractivity (Wildman–Crippen MR) is 48.8 cm³/mol. The zero-order valence-electron chi connectivity index (χ0n) is 7.47. The monoisotopic (exact) mass is 167 g/mol. The molecule has 1 atom stereocenters. The minimum atomic E-state index is -0.496. The Morgan fingerprint density at radius 1 is 1.42 bits per heavy atom. The van der Waals surface area contributed by atoms with Crippen LogP contribution in [0.5, 0.6) is 0 Å². The van der Waals surface area contributed by atoms with Crippen LogP contribution in [0.2, 0.25) is 0 Å². The maximum Gasteiger partial charge on any atom is 0.109 e. The highest BCUT2D eigenvalue weighted by molar-refractivity contribution is 5.32. The van der Waals surface area contributed by atoms with Crippen molar-refractivity contribution in [3.8, 4) is 0 Å². The number of rotatable bonds is 2. The van der Waals surface area contributed by atoms with Crippen LogP contribution >= 0.6 is 0 Å². The Kier molecular flexibility index (Phi) is 2.82. The van der Waals surface area contributed by atoms with E-state index in [-0.39, 0.29) is 0 Å². The van der Waals surface area contributed by atoms with Crippen molar-refractivity contribution in [2.45, 2.75) is 19.9 Å². The third-order valence-corrected chi connectivity index (χ3v) is 1.99. The summed E-state index contributed by atoms with van der Waals surface area (Å²) in [4.78, 5) is 0. The first kappa shape index (κ1) is 9.20. The Bertz CT molecular complexity index is 271. The van der Waals surface area contributed by atoms with Crippen molar-refractivity contribution < 1.29 is 4.39 Å². The zero-order chi connectivity index (χ0) is 9.14. The summed E-state index contributed by atoms with van der Waals surface area (Å²) in [6.45, 7) is 3.47. The first-order valence-corrected chi connectivity index (χ1v) is 4.04. The fraction of sp³-hybridized carbons (Fsp3) is 0.400. The molecule has 12 heavy (non-hydrogen) atoms. The first-order chi connectivity index (χ1) is 5.65. The minimum Gasteiger partial charge on any atom is -0.322 e. The van der Waals surface area contributed by atoms with E-state index in [9.17, 15) is 4.39 Å². The van der Waals surface area contributed by atoms with Gasteiger partial charge < -0.3 is 5.73 Å². The smallest absolute Gasteiger partial charge is 0.109 e. The molecule has 0 amide bonds. The van der Waals surface area contributed by atoms with Gasteiger partial charge >= 0.3 is 0 Å². The maximum absolute atomic E-state index is 12.2. The highest BCUT2D eigenvalue weighted by Gasteiger charge is 2.07. The molecule has 0 bridgehead atoms. The van der Waals surface area contributed by atoms with Gasteiger partial charge in [-0.3, -0.25) is 0 Å². The van der Waals surface area contributed by atoms with Crippen LogP contribution in [0.1, 0.15) is 22.7 Å². The molecule has 0 aliphatic heterocycles. The first-order valence-electron chi connectivity index (χ1n) is 4.04. The van der Waals surface area contributed by atoms with Crippen LogP contribution in [0, 0.1) is 13.8 Å². The van der Waals surface area contributed by atoms with E-state index in [2.05, 4.69) is 0 Å². The van der Waals surface area contributed by atoms with E-state index >= 15 is 0 Å². The van der Waals surface area contributed by atoms with Crippen molar-refractivity contribution >= 4 is 0 Å². The van der Waals surface area contributed by atoms with E-state index in [1.165, 1.54) is 5.56 Å². The molecule has 0 aliphatic carbocycles. The lowest BCUT2D eigenvalue weighted by molar-refractivity contribution is 0.436. The van der Waals surface area contributed by atoms with Crippen LogP contribution in [0.25, 0.3) is 0 Å². The Hall–Kier alpha value is -0.890. The summed E-state index contributed by atoms with van der Waals surface area (Å²) in [7, 11) is 0. The molecular weight excluding hydrogens is 153 g/mol. The van der Waals surface area contributed by atoms with E-state index in [4.69, 9.17) is 5.73 Å². The van der Waals surface area contributed by atoms with Crippen molar-refractivity contribution in [3.63, 3.8) is 0 Å². The molecule has 0 saturated carbocycles. The average Bonchev–Trinajstić information content (AvgIpc) is 2.03. The molecule has 0 aromatic heterocycles. The van der Waals surface area contributed by atoms with Crippen LogP contribution in [-0.2, 0) is 0 Å². The van der Waals surface area contributed by atoms with Gasteiger partial charge in [-0.25, -0.2) is 4.39 Å². The van der Waals surface area contributed by atoms with E-state index in [1.54, 1.807) is 0 Å². The summed E-state index contributed by atoms with van der Waals surface area (Å²) < 4.78 is 12.2. The summed E-state index contributed by atoms with van der Waals surface area (Å²) in [5.74, 6) is 0. The van der Waals surface area contributed by atoms with Gasteiger partial charge in [0, 0.05) is 0 Å². The topological polar surface area (TPSA) is 26.0 Å². The lowest BCUT2D eigenvalue weighted by Crippen LogP contribution is -2.13. The van der Waals surface area contributed by atoms with Crippen molar-refractivity contribution in [1.29, 1.82) is 0 Å². The molecule has 0 spiro atoms. The fourth-order valence-corrected chi connectivity index (χ4v) is 1.32. The number of halogens is 1. The normalized spacial score (nSPS) is 13.0. The SMILES string of the molecule is Cc1ccc(C(N)CF)c(C)c1. The quantitative estimate of drug-likeness (QED) is 0.718. The van der Waals surface area contributed by atoms with Crippen molar-refractivity contribution in [2.24, 2.45) is 5.73 Å². The standard InChI is InChI=1S/C10H14FN/c1-7-3-4-9(8(2)5-7)10(12)6-11/h3-5,10H,6,12H2,1-2H3. The second-order valence-corrected chi connectivity index (χ2v) is 3.12. The molecular formula is C10H14FN. The largest absolute Gasteiger partial charge is 0.322 e. The molecule has 0 aliphatic rings. The zero-order valence-corrected chi connectivity index (χ0v) is 7.47. The van der Waals surface area contributed by atoms with Gasteiger partial charge in [-0.1, -0.05) is 23.8 Å². The van der Waals surface area contributed by atoms with Crippen LogP contribution in [0.15, 0.2) is 18.2 Å². The molecule has 1 unspecified atom stereocenters. The number of hydrogen-bond donors (Lipinski definition) is 1. The van der Waals surface area contributed by atoms with Crippen molar-refractivity contribution in [1.82, 2.24) is 0 Å². The summed E-state index contributed by atoms with van der Waals surface area (Å²) in [5.41, 5.74) is 8.73. The van der Waals surface area contributed by atoms with Gasteiger partial charge in [0.05, 0.1) is 6.04 Å². The summed E-state index contributed by atoms with van der Waals surface area (Å²) in [5, 5.41) is 0. The molecule has 66 valence electrons. The molecule has 0 heterocycles. The summed E-state index contributed by atoms with van der Waals surface area (Å²) >= 11 is 0. The second-order valence-electron chi connectivity index (χ2n) is 3.12. The Balaban J connectivity index is 3.01. The number of nitrogens with two attached hydrogens (primary N) is 1. The Morgan fingerprint density at radius 2 is 2.08 bits per heavy atom. The van der Waals surface area contributed by atoms with Gasteiger partial charge in [0.2, 0.25) is 0 Å². The number of aryl methyl sites for hydroxylation is 2. The maximum atomic E-state index is 12.2. The molecule has 1 aromatic rings. The molecule has 2 heteroatoms. The average molecular weight is 167 g/mol. The fourth-order valence-electron chi connectivity index (χ4n) is 1.32. The second kappa shape index (κ2) is 3.68. The lowest BCUT2D eigenvalue weighted by Gasteiger charge is -2.11. The Labute approximate surface area is 72.4 Å². The van der Waals surface area contributed by atoms with Gasteiger partial charge in [-0.15, -0.1) is 0 Å². The van der Waals surface area contributed by atoms with Crippen molar-refractivity contribution in [2.75, 3.05) is 6.67 Å². The molecule has 1 nitrogen and oxygen atoms in total. The summed E-state index contributed by atoms with van der Waals surface area (Å²) in [6, 6.07) is 5.41.